The standard InChI is InChI=1S/C18H22FNO/c1-3-4-14-5-8-17(9-6-14)21-13-16-11-15(12-20-2)7-10-18(16)19/h5-11,20H,3-4,12-13H2,1-2H3. The Morgan fingerprint density at radius 2 is 1.76 bits per heavy atom. The van der Waals surface area contributed by atoms with Gasteiger partial charge in [-0.25, -0.2) is 4.39 Å². The molecule has 0 aliphatic heterocycles. The third-order valence-corrected chi connectivity index (χ3v) is 3.35. The van der Waals surface area contributed by atoms with E-state index in [9.17, 15) is 4.39 Å². The summed E-state index contributed by atoms with van der Waals surface area (Å²) in [6, 6.07) is 13.1. The topological polar surface area (TPSA) is 21.3 Å². The Morgan fingerprint density at radius 3 is 2.43 bits per heavy atom. The molecule has 0 radical (unpaired) electrons. The van der Waals surface area contributed by atoms with Crippen LogP contribution in [0, 0.1) is 5.82 Å². The van der Waals surface area contributed by atoms with Crippen LogP contribution in [-0.4, -0.2) is 7.05 Å². The van der Waals surface area contributed by atoms with Crippen LogP contribution >= 0.6 is 0 Å². The van der Waals surface area contributed by atoms with E-state index in [1.807, 2.05) is 25.2 Å². The van der Waals surface area contributed by atoms with Crippen molar-refractivity contribution < 1.29 is 9.13 Å². The lowest BCUT2D eigenvalue weighted by Gasteiger charge is -2.09. The molecule has 0 amide bonds. The molecule has 2 aromatic rings. The second kappa shape index (κ2) is 7.79. The third kappa shape index (κ3) is 4.57. The first kappa shape index (κ1) is 15.5. The zero-order valence-corrected chi connectivity index (χ0v) is 12.7. The highest BCUT2D eigenvalue weighted by molar-refractivity contribution is 5.29. The predicted molar refractivity (Wildman–Crippen MR) is 83.9 cm³/mol. The number of nitrogens with one attached hydrogen (secondary N) is 1. The average molecular weight is 287 g/mol. The molecule has 0 unspecified atom stereocenters. The van der Waals surface area contributed by atoms with E-state index in [2.05, 4.69) is 24.4 Å². The molecule has 21 heavy (non-hydrogen) atoms. The number of hydrogen-bond acceptors (Lipinski definition) is 2. The molecule has 0 saturated carbocycles. The van der Waals surface area contributed by atoms with Crippen molar-refractivity contribution in [1.29, 1.82) is 0 Å². The maximum absolute atomic E-state index is 13.8. The molecular formula is C18H22FNO. The van der Waals surface area contributed by atoms with E-state index in [-0.39, 0.29) is 12.4 Å². The minimum absolute atomic E-state index is 0.225. The van der Waals surface area contributed by atoms with Gasteiger partial charge < -0.3 is 10.1 Å². The Balaban J connectivity index is 2.00. The largest absolute Gasteiger partial charge is 0.489 e. The smallest absolute Gasteiger partial charge is 0.129 e. The van der Waals surface area contributed by atoms with E-state index in [0.717, 1.165) is 30.7 Å². The van der Waals surface area contributed by atoms with Crippen molar-refractivity contribution >= 4 is 0 Å². The van der Waals surface area contributed by atoms with Gasteiger partial charge in [0.25, 0.3) is 0 Å². The number of rotatable bonds is 7. The molecule has 0 aliphatic carbocycles. The van der Waals surface area contributed by atoms with Crippen LogP contribution in [0.15, 0.2) is 42.5 Å². The van der Waals surface area contributed by atoms with Gasteiger partial charge in [-0.3, -0.25) is 0 Å². The Bertz CT molecular complexity index is 566. The van der Waals surface area contributed by atoms with E-state index < -0.39 is 0 Å². The highest BCUT2D eigenvalue weighted by Gasteiger charge is 2.05. The molecule has 0 aliphatic rings. The second-order valence-electron chi connectivity index (χ2n) is 5.14. The van der Waals surface area contributed by atoms with Crippen molar-refractivity contribution in [2.45, 2.75) is 32.9 Å². The van der Waals surface area contributed by atoms with Crippen LogP contribution in [0.5, 0.6) is 5.75 Å². The molecule has 0 bridgehead atoms. The Hall–Kier alpha value is -1.87. The lowest BCUT2D eigenvalue weighted by Crippen LogP contribution is -2.07. The molecule has 3 heteroatoms. The summed E-state index contributed by atoms with van der Waals surface area (Å²) in [6.07, 6.45) is 2.20. The molecular weight excluding hydrogens is 265 g/mol. The summed E-state index contributed by atoms with van der Waals surface area (Å²) in [6.45, 7) is 3.13. The predicted octanol–water partition coefficient (Wildman–Crippen LogP) is 4.08. The molecule has 0 fully saturated rings. The first-order valence-corrected chi connectivity index (χ1v) is 7.36. The highest BCUT2D eigenvalue weighted by atomic mass is 19.1. The minimum atomic E-state index is -0.225. The van der Waals surface area contributed by atoms with Crippen molar-refractivity contribution in [3.05, 3.63) is 65.0 Å². The quantitative estimate of drug-likeness (QED) is 0.828. The van der Waals surface area contributed by atoms with Gasteiger partial charge in [0.1, 0.15) is 18.2 Å². The van der Waals surface area contributed by atoms with Crippen molar-refractivity contribution in [2.75, 3.05) is 7.05 Å². The van der Waals surface area contributed by atoms with E-state index in [1.165, 1.54) is 11.6 Å². The Morgan fingerprint density at radius 1 is 1.05 bits per heavy atom. The second-order valence-corrected chi connectivity index (χ2v) is 5.14. The van der Waals surface area contributed by atoms with Crippen LogP contribution in [-0.2, 0) is 19.6 Å². The molecule has 1 N–H and O–H groups in total. The van der Waals surface area contributed by atoms with Crippen LogP contribution in [0.3, 0.4) is 0 Å². The van der Waals surface area contributed by atoms with Gasteiger partial charge in [0.15, 0.2) is 0 Å². The average Bonchev–Trinajstić information content (AvgIpc) is 2.50. The summed E-state index contributed by atoms with van der Waals surface area (Å²) >= 11 is 0. The van der Waals surface area contributed by atoms with Crippen LogP contribution in [0.2, 0.25) is 0 Å². The number of hydrogen-bond donors (Lipinski definition) is 1. The van der Waals surface area contributed by atoms with Crippen molar-refractivity contribution in [3.63, 3.8) is 0 Å². The van der Waals surface area contributed by atoms with Gasteiger partial charge in [-0.15, -0.1) is 0 Å². The molecule has 0 atom stereocenters. The molecule has 0 saturated heterocycles. The van der Waals surface area contributed by atoms with E-state index in [0.29, 0.717) is 5.56 Å². The SMILES string of the molecule is CCCc1ccc(OCc2cc(CNC)ccc2F)cc1. The zero-order valence-electron chi connectivity index (χ0n) is 12.7. The molecule has 2 rings (SSSR count). The lowest BCUT2D eigenvalue weighted by atomic mass is 10.1. The molecule has 2 nitrogen and oxygen atoms in total. The van der Waals surface area contributed by atoms with Gasteiger partial charge in [0.2, 0.25) is 0 Å². The van der Waals surface area contributed by atoms with E-state index in [1.54, 1.807) is 6.07 Å². The summed E-state index contributed by atoms with van der Waals surface area (Å²) in [5, 5.41) is 3.06. The fraction of sp³-hybridized carbons (Fsp3) is 0.333. The summed E-state index contributed by atoms with van der Waals surface area (Å²) < 4.78 is 19.5. The fourth-order valence-electron chi connectivity index (χ4n) is 2.25. The highest BCUT2D eigenvalue weighted by Crippen LogP contribution is 2.17. The third-order valence-electron chi connectivity index (χ3n) is 3.35. The Labute approximate surface area is 126 Å². The van der Waals surface area contributed by atoms with Crippen LogP contribution in [0.4, 0.5) is 4.39 Å². The van der Waals surface area contributed by atoms with Gasteiger partial charge in [0, 0.05) is 12.1 Å². The first-order valence-electron chi connectivity index (χ1n) is 7.36. The van der Waals surface area contributed by atoms with Gasteiger partial charge in [0.05, 0.1) is 0 Å². The number of benzene rings is 2. The van der Waals surface area contributed by atoms with Crippen LogP contribution in [0.1, 0.15) is 30.0 Å². The first-order chi connectivity index (χ1) is 10.2. The van der Waals surface area contributed by atoms with Crippen molar-refractivity contribution in [2.24, 2.45) is 0 Å². The van der Waals surface area contributed by atoms with E-state index in [4.69, 9.17) is 4.74 Å². The number of ether oxygens (including phenoxy) is 1. The Kier molecular flexibility index (Phi) is 5.76. The number of halogens is 1. The maximum Gasteiger partial charge on any atom is 0.129 e. The van der Waals surface area contributed by atoms with Crippen LogP contribution < -0.4 is 10.1 Å². The molecule has 2 aromatic carbocycles. The lowest BCUT2D eigenvalue weighted by molar-refractivity contribution is 0.299. The molecule has 0 aromatic heterocycles. The van der Waals surface area contributed by atoms with E-state index >= 15 is 0 Å². The molecule has 112 valence electrons. The number of aryl methyl sites for hydroxylation is 1. The summed E-state index contributed by atoms with van der Waals surface area (Å²) in [7, 11) is 1.87. The zero-order chi connectivity index (χ0) is 15.1. The minimum Gasteiger partial charge on any atom is -0.489 e. The molecule has 0 spiro atoms. The van der Waals surface area contributed by atoms with Gasteiger partial charge >= 0.3 is 0 Å². The normalized spacial score (nSPS) is 10.6. The van der Waals surface area contributed by atoms with Crippen molar-refractivity contribution in [3.8, 4) is 5.75 Å². The van der Waals surface area contributed by atoms with Gasteiger partial charge in [-0.1, -0.05) is 31.5 Å². The summed E-state index contributed by atoms with van der Waals surface area (Å²) in [5.74, 6) is 0.547. The van der Waals surface area contributed by atoms with Crippen molar-refractivity contribution in [1.82, 2.24) is 5.32 Å². The molecule has 0 heterocycles. The summed E-state index contributed by atoms with van der Waals surface area (Å²) in [4.78, 5) is 0. The monoisotopic (exact) mass is 287 g/mol. The van der Waals surface area contributed by atoms with Gasteiger partial charge in [-0.2, -0.15) is 0 Å². The fourth-order valence-corrected chi connectivity index (χ4v) is 2.25. The van der Waals surface area contributed by atoms with Crippen LogP contribution in [0.25, 0.3) is 0 Å². The summed E-state index contributed by atoms with van der Waals surface area (Å²) in [5.41, 5.74) is 2.93. The van der Waals surface area contributed by atoms with Gasteiger partial charge in [-0.05, 0) is 48.9 Å². The maximum atomic E-state index is 13.8.